The number of nitrogens with zero attached hydrogens (tertiary/aromatic N) is 2. The van der Waals surface area contributed by atoms with Crippen molar-refractivity contribution in [2.24, 2.45) is 17.6 Å². The Hall–Kier alpha value is -2.48. The minimum atomic E-state index is -1.43. The molecule has 26 heavy (non-hydrogen) atoms. The van der Waals surface area contributed by atoms with Gasteiger partial charge in [-0.2, -0.15) is 0 Å². The number of aromatic carboxylic acids is 1. The highest BCUT2D eigenvalue weighted by molar-refractivity contribution is 5.93. The maximum Gasteiger partial charge on any atom is 0.341 e. The first-order valence-corrected chi connectivity index (χ1v) is 8.53. The van der Waals surface area contributed by atoms with Gasteiger partial charge in [-0.05, 0) is 31.4 Å². The van der Waals surface area contributed by atoms with Crippen molar-refractivity contribution < 1.29 is 18.7 Å². The molecule has 0 radical (unpaired) electrons. The molecule has 1 aromatic heterocycles. The SMILES string of the molecule is CCn1cc(C(=O)O)c(=O)c2cc(F)c(N3CC(C)C(CN)C3)c(F)c21. The molecular formula is C18H21F2N3O3. The van der Waals surface area contributed by atoms with E-state index in [1.807, 2.05) is 6.92 Å². The van der Waals surface area contributed by atoms with Gasteiger partial charge < -0.3 is 20.3 Å². The minimum Gasteiger partial charge on any atom is -0.477 e. The van der Waals surface area contributed by atoms with Crippen LogP contribution in [0.1, 0.15) is 24.2 Å². The van der Waals surface area contributed by atoms with Crippen LogP contribution in [-0.2, 0) is 6.54 Å². The molecule has 2 atom stereocenters. The summed E-state index contributed by atoms with van der Waals surface area (Å²) in [5.41, 5.74) is 4.05. The van der Waals surface area contributed by atoms with Gasteiger partial charge in [-0.3, -0.25) is 4.79 Å². The molecule has 0 spiro atoms. The van der Waals surface area contributed by atoms with Gasteiger partial charge >= 0.3 is 5.97 Å². The minimum absolute atomic E-state index is 0.0808. The van der Waals surface area contributed by atoms with Crippen molar-refractivity contribution in [1.82, 2.24) is 4.57 Å². The first kappa shape index (κ1) is 18.3. The van der Waals surface area contributed by atoms with Crippen molar-refractivity contribution in [2.45, 2.75) is 20.4 Å². The van der Waals surface area contributed by atoms with Crippen LogP contribution in [0.15, 0.2) is 17.1 Å². The van der Waals surface area contributed by atoms with Crippen molar-refractivity contribution in [2.75, 3.05) is 24.5 Å². The summed E-state index contributed by atoms with van der Waals surface area (Å²) >= 11 is 0. The third-order valence-electron chi connectivity index (χ3n) is 5.19. The summed E-state index contributed by atoms with van der Waals surface area (Å²) in [6.07, 6.45) is 1.10. The normalized spacial score (nSPS) is 20.1. The number of carboxylic acid groups (broad SMARTS) is 1. The number of aromatic nitrogens is 1. The predicted molar refractivity (Wildman–Crippen MR) is 94.7 cm³/mol. The molecule has 140 valence electrons. The number of hydrogen-bond donors (Lipinski definition) is 2. The van der Waals surface area contributed by atoms with Crippen molar-refractivity contribution in [3.8, 4) is 0 Å². The van der Waals surface area contributed by atoms with E-state index in [4.69, 9.17) is 5.73 Å². The first-order valence-electron chi connectivity index (χ1n) is 8.53. The number of aryl methyl sites for hydroxylation is 1. The van der Waals surface area contributed by atoms with Crippen molar-refractivity contribution in [3.63, 3.8) is 0 Å². The Balaban J connectivity index is 2.27. The molecule has 2 heterocycles. The largest absolute Gasteiger partial charge is 0.477 e. The summed E-state index contributed by atoms with van der Waals surface area (Å²) in [7, 11) is 0. The number of anilines is 1. The van der Waals surface area contributed by atoms with Gasteiger partial charge in [0.05, 0.1) is 10.9 Å². The van der Waals surface area contributed by atoms with E-state index in [2.05, 4.69) is 0 Å². The highest BCUT2D eigenvalue weighted by atomic mass is 19.1. The number of benzene rings is 1. The molecule has 2 unspecified atom stereocenters. The van der Waals surface area contributed by atoms with Crippen molar-refractivity contribution in [1.29, 1.82) is 0 Å². The second kappa shape index (κ2) is 6.68. The molecule has 3 N–H and O–H groups in total. The van der Waals surface area contributed by atoms with E-state index >= 15 is 4.39 Å². The van der Waals surface area contributed by atoms with Gasteiger partial charge in [0, 0.05) is 25.8 Å². The van der Waals surface area contributed by atoms with Gasteiger partial charge in [-0.1, -0.05) is 6.92 Å². The Kier molecular flexibility index (Phi) is 4.70. The van der Waals surface area contributed by atoms with Gasteiger partial charge in [0.15, 0.2) is 5.82 Å². The summed E-state index contributed by atoms with van der Waals surface area (Å²) in [6.45, 7) is 5.23. The quantitative estimate of drug-likeness (QED) is 0.866. The fraction of sp³-hybridized carbons (Fsp3) is 0.444. The zero-order chi connectivity index (χ0) is 19.2. The molecule has 8 heteroatoms. The molecule has 3 rings (SSSR count). The fourth-order valence-corrected chi connectivity index (χ4v) is 3.69. The number of halogens is 2. The highest BCUT2D eigenvalue weighted by Gasteiger charge is 2.33. The second-order valence-corrected chi connectivity index (χ2v) is 6.76. The second-order valence-electron chi connectivity index (χ2n) is 6.76. The Labute approximate surface area is 148 Å². The molecular weight excluding hydrogens is 344 g/mol. The predicted octanol–water partition coefficient (Wildman–Crippen LogP) is 2.03. The van der Waals surface area contributed by atoms with E-state index in [0.29, 0.717) is 19.6 Å². The van der Waals surface area contributed by atoms with Gasteiger partial charge in [0.1, 0.15) is 17.1 Å². The molecule has 0 bridgehead atoms. The van der Waals surface area contributed by atoms with Gasteiger partial charge in [0.25, 0.3) is 0 Å². The summed E-state index contributed by atoms with van der Waals surface area (Å²) in [5.74, 6) is -2.82. The van der Waals surface area contributed by atoms with Crippen LogP contribution in [-0.4, -0.2) is 35.3 Å². The van der Waals surface area contributed by atoms with Gasteiger partial charge in [-0.15, -0.1) is 0 Å². The lowest BCUT2D eigenvalue weighted by atomic mass is 9.99. The summed E-state index contributed by atoms with van der Waals surface area (Å²) in [5, 5.41) is 8.91. The Morgan fingerprint density at radius 2 is 2.08 bits per heavy atom. The van der Waals surface area contributed by atoms with Crippen LogP contribution in [0, 0.1) is 23.5 Å². The molecule has 1 aliphatic rings. The summed E-state index contributed by atoms with van der Waals surface area (Å²) in [4.78, 5) is 25.2. The monoisotopic (exact) mass is 365 g/mol. The number of pyridine rings is 1. The number of hydrogen-bond acceptors (Lipinski definition) is 4. The molecule has 0 aliphatic carbocycles. The average Bonchev–Trinajstić information content (AvgIpc) is 2.95. The third-order valence-corrected chi connectivity index (χ3v) is 5.19. The van der Waals surface area contributed by atoms with Crippen LogP contribution in [0.5, 0.6) is 0 Å². The molecule has 1 aliphatic heterocycles. The summed E-state index contributed by atoms with van der Waals surface area (Å²) < 4.78 is 31.3. The molecule has 0 saturated carbocycles. The number of carbonyl (C=O) groups is 1. The Bertz CT molecular complexity index is 942. The zero-order valence-electron chi connectivity index (χ0n) is 14.6. The zero-order valence-corrected chi connectivity index (χ0v) is 14.6. The van der Waals surface area contributed by atoms with Crippen LogP contribution in [0.3, 0.4) is 0 Å². The van der Waals surface area contributed by atoms with Crippen LogP contribution in [0.4, 0.5) is 14.5 Å². The highest BCUT2D eigenvalue weighted by Crippen LogP contribution is 2.34. The van der Waals surface area contributed by atoms with E-state index in [-0.39, 0.29) is 35.0 Å². The maximum atomic E-state index is 15.3. The summed E-state index contributed by atoms with van der Waals surface area (Å²) in [6, 6.07) is 0.940. The molecule has 1 aromatic carbocycles. The number of nitrogens with two attached hydrogens (primary N) is 1. The number of carboxylic acids is 1. The van der Waals surface area contributed by atoms with E-state index < -0.39 is 28.6 Å². The van der Waals surface area contributed by atoms with E-state index in [1.54, 1.807) is 11.8 Å². The standard InChI is InChI=1S/C18H21F2N3O3/c1-3-22-8-12(18(25)26)17(24)11-4-13(19)16(14(20)15(11)22)23-6-9(2)10(5-21)7-23/h4,8-10H,3,5-7,21H2,1-2H3,(H,25,26). The van der Waals surface area contributed by atoms with Crippen molar-refractivity contribution >= 4 is 22.6 Å². The molecule has 2 aromatic rings. The first-order chi connectivity index (χ1) is 12.3. The Morgan fingerprint density at radius 1 is 1.38 bits per heavy atom. The third kappa shape index (κ3) is 2.74. The Morgan fingerprint density at radius 3 is 2.62 bits per heavy atom. The topological polar surface area (TPSA) is 88.6 Å². The van der Waals surface area contributed by atoms with Crippen LogP contribution < -0.4 is 16.1 Å². The van der Waals surface area contributed by atoms with E-state index in [9.17, 15) is 19.1 Å². The fourth-order valence-electron chi connectivity index (χ4n) is 3.69. The lowest BCUT2D eigenvalue weighted by Gasteiger charge is -2.22. The van der Waals surface area contributed by atoms with Crippen molar-refractivity contribution in [3.05, 3.63) is 39.7 Å². The number of rotatable bonds is 4. The lowest BCUT2D eigenvalue weighted by molar-refractivity contribution is 0.0695. The average molecular weight is 365 g/mol. The van der Waals surface area contributed by atoms with Crippen LogP contribution in [0.25, 0.3) is 10.9 Å². The molecule has 0 amide bonds. The lowest BCUT2D eigenvalue weighted by Crippen LogP contribution is -2.26. The smallest absolute Gasteiger partial charge is 0.341 e. The van der Waals surface area contributed by atoms with Gasteiger partial charge in [0.2, 0.25) is 5.43 Å². The van der Waals surface area contributed by atoms with E-state index in [0.717, 1.165) is 12.3 Å². The molecule has 1 saturated heterocycles. The molecule has 1 fully saturated rings. The van der Waals surface area contributed by atoms with E-state index in [1.165, 1.54) is 4.57 Å². The molecule has 6 nitrogen and oxygen atoms in total. The maximum absolute atomic E-state index is 15.3. The van der Waals surface area contributed by atoms with Crippen LogP contribution >= 0.6 is 0 Å². The van der Waals surface area contributed by atoms with Gasteiger partial charge in [-0.25, -0.2) is 13.6 Å². The number of fused-ring (bicyclic) bond motifs is 1. The van der Waals surface area contributed by atoms with Crippen LogP contribution in [0.2, 0.25) is 0 Å².